The summed E-state index contributed by atoms with van der Waals surface area (Å²) in [5.41, 5.74) is 1.90. The maximum Gasteiger partial charge on any atom is 0.256 e. The fourth-order valence-electron chi connectivity index (χ4n) is 3.31. The highest BCUT2D eigenvalue weighted by molar-refractivity contribution is 5.98. The Morgan fingerprint density at radius 3 is 2.81 bits per heavy atom. The van der Waals surface area contributed by atoms with Crippen LogP contribution in [-0.2, 0) is 22.7 Å². The first-order chi connectivity index (χ1) is 12.5. The minimum atomic E-state index is -0.232. The first-order valence-corrected chi connectivity index (χ1v) is 8.94. The summed E-state index contributed by atoms with van der Waals surface area (Å²) in [5.74, 6) is 0.144. The Bertz CT molecular complexity index is 734. The number of rotatable bonds is 6. The van der Waals surface area contributed by atoms with Crippen LogP contribution in [0.5, 0.6) is 5.88 Å². The number of ether oxygens (including phenoxy) is 1. The number of likely N-dealkylation sites (tertiary alicyclic amines) is 1. The third kappa shape index (κ3) is 3.63. The number of nitrogens with one attached hydrogen (secondary N) is 1. The van der Waals surface area contributed by atoms with E-state index in [4.69, 9.17) is 4.74 Å². The third-order valence-electron chi connectivity index (χ3n) is 4.81. The van der Waals surface area contributed by atoms with Crippen LogP contribution in [-0.4, -0.2) is 59.2 Å². The summed E-state index contributed by atoms with van der Waals surface area (Å²) in [5, 5.41) is 2.80. The number of hydrogen-bond acceptors (Lipinski definition) is 5. The van der Waals surface area contributed by atoms with Gasteiger partial charge in [0.15, 0.2) is 0 Å². The van der Waals surface area contributed by atoms with E-state index in [-0.39, 0.29) is 30.8 Å². The number of carbonyl (C=O) groups excluding carboxylic acids is 3. The van der Waals surface area contributed by atoms with Gasteiger partial charge < -0.3 is 19.9 Å². The standard InChI is InChI=1S/C18H24N4O4/c1-3-21-10-14-13(18(21)25)8-12(17(20-14)26-2)9-19-15(23)11-22-7-5-4-6-16(22)24/h8H,3-7,9-11H2,1-2H3,(H,19,23). The van der Waals surface area contributed by atoms with E-state index in [1.807, 2.05) is 6.92 Å². The van der Waals surface area contributed by atoms with Gasteiger partial charge in [0.2, 0.25) is 17.7 Å². The summed E-state index contributed by atoms with van der Waals surface area (Å²) in [6.07, 6.45) is 2.32. The average molecular weight is 360 g/mol. The van der Waals surface area contributed by atoms with Gasteiger partial charge in [0, 0.05) is 31.6 Å². The van der Waals surface area contributed by atoms with Crippen LogP contribution in [0.2, 0.25) is 0 Å². The van der Waals surface area contributed by atoms with Gasteiger partial charge in [-0.2, -0.15) is 0 Å². The quantitative estimate of drug-likeness (QED) is 0.806. The van der Waals surface area contributed by atoms with Crippen molar-refractivity contribution in [1.29, 1.82) is 0 Å². The molecule has 0 saturated carbocycles. The topological polar surface area (TPSA) is 91.8 Å². The van der Waals surface area contributed by atoms with Crippen molar-refractivity contribution in [2.75, 3.05) is 26.7 Å². The van der Waals surface area contributed by atoms with Crippen LogP contribution >= 0.6 is 0 Å². The molecule has 3 heterocycles. The predicted molar refractivity (Wildman–Crippen MR) is 93.5 cm³/mol. The fourth-order valence-corrected chi connectivity index (χ4v) is 3.31. The maximum atomic E-state index is 12.3. The van der Waals surface area contributed by atoms with Crippen molar-refractivity contribution in [3.05, 3.63) is 22.9 Å². The van der Waals surface area contributed by atoms with Crippen LogP contribution in [0.25, 0.3) is 0 Å². The molecule has 1 N–H and O–H groups in total. The Balaban J connectivity index is 1.66. The Kier molecular flexibility index (Phi) is 5.39. The first-order valence-electron chi connectivity index (χ1n) is 8.94. The van der Waals surface area contributed by atoms with Gasteiger partial charge in [0.1, 0.15) is 0 Å². The molecule has 8 heteroatoms. The molecule has 3 amide bonds. The van der Waals surface area contributed by atoms with Crippen LogP contribution in [0.4, 0.5) is 0 Å². The first kappa shape index (κ1) is 18.2. The minimum absolute atomic E-state index is 0.0217. The number of aromatic nitrogens is 1. The highest BCUT2D eigenvalue weighted by Gasteiger charge is 2.29. The molecule has 2 aliphatic heterocycles. The van der Waals surface area contributed by atoms with Crippen molar-refractivity contribution in [2.45, 2.75) is 39.3 Å². The Hall–Kier alpha value is -2.64. The zero-order chi connectivity index (χ0) is 18.7. The van der Waals surface area contributed by atoms with E-state index >= 15 is 0 Å². The second-order valence-corrected chi connectivity index (χ2v) is 6.52. The van der Waals surface area contributed by atoms with Gasteiger partial charge in [-0.3, -0.25) is 14.4 Å². The molecule has 0 spiro atoms. The van der Waals surface area contributed by atoms with E-state index in [1.54, 1.807) is 15.9 Å². The second-order valence-electron chi connectivity index (χ2n) is 6.52. The fraction of sp³-hybridized carbons (Fsp3) is 0.556. The monoisotopic (exact) mass is 360 g/mol. The number of amides is 3. The van der Waals surface area contributed by atoms with E-state index < -0.39 is 0 Å². The van der Waals surface area contributed by atoms with Gasteiger partial charge in [-0.25, -0.2) is 4.98 Å². The van der Waals surface area contributed by atoms with E-state index in [0.717, 1.165) is 12.8 Å². The number of fused-ring (bicyclic) bond motifs is 1. The van der Waals surface area contributed by atoms with Crippen molar-refractivity contribution < 1.29 is 19.1 Å². The molecule has 140 valence electrons. The lowest BCUT2D eigenvalue weighted by Gasteiger charge is -2.26. The molecule has 8 nitrogen and oxygen atoms in total. The molecule has 3 rings (SSSR count). The lowest BCUT2D eigenvalue weighted by atomic mass is 10.1. The SMILES string of the molecule is CCN1Cc2nc(OC)c(CNC(=O)CN3CCCCC3=O)cc2C1=O. The van der Waals surface area contributed by atoms with Crippen molar-refractivity contribution in [2.24, 2.45) is 0 Å². The van der Waals surface area contributed by atoms with Crippen LogP contribution in [0.3, 0.4) is 0 Å². The van der Waals surface area contributed by atoms with Crippen LogP contribution < -0.4 is 10.1 Å². The van der Waals surface area contributed by atoms with E-state index in [2.05, 4.69) is 10.3 Å². The van der Waals surface area contributed by atoms with E-state index in [1.165, 1.54) is 7.11 Å². The van der Waals surface area contributed by atoms with Gasteiger partial charge in [-0.15, -0.1) is 0 Å². The maximum absolute atomic E-state index is 12.3. The number of methoxy groups -OCH3 is 1. The van der Waals surface area contributed by atoms with Gasteiger partial charge >= 0.3 is 0 Å². The zero-order valence-corrected chi connectivity index (χ0v) is 15.2. The zero-order valence-electron chi connectivity index (χ0n) is 15.2. The molecule has 1 aromatic heterocycles. The molecular formula is C18H24N4O4. The van der Waals surface area contributed by atoms with Crippen molar-refractivity contribution in [3.63, 3.8) is 0 Å². The molecule has 0 unspecified atom stereocenters. The van der Waals surface area contributed by atoms with Gasteiger partial charge in [0.25, 0.3) is 5.91 Å². The highest BCUT2D eigenvalue weighted by Crippen LogP contribution is 2.26. The molecule has 26 heavy (non-hydrogen) atoms. The van der Waals surface area contributed by atoms with Crippen molar-refractivity contribution >= 4 is 17.7 Å². The number of pyridine rings is 1. The molecule has 0 radical (unpaired) electrons. The van der Waals surface area contributed by atoms with Crippen molar-refractivity contribution in [3.8, 4) is 5.88 Å². The average Bonchev–Trinajstić information content (AvgIpc) is 2.96. The van der Waals surface area contributed by atoms with Crippen molar-refractivity contribution in [1.82, 2.24) is 20.1 Å². The summed E-state index contributed by atoms with van der Waals surface area (Å²) in [7, 11) is 1.51. The summed E-state index contributed by atoms with van der Waals surface area (Å²) >= 11 is 0. The number of piperidine rings is 1. The number of hydrogen-bond donors (Lipinski definition) is 1. The molecule has 0 bridgehead atoms. The Morgan fingerprint density at radius 2 is 2.12 bits per heavy atom. The molecule has 1 aromatic rings. The molecule has 2 aliphatic rings. The molecule has 0 aromatic carbocycles. The van der Waals surface area contributed by atoms with Gasteiger partial charge in [-0.05, 0) is 25.8 Å². The number of carbonyl (C=O) groups is 3. The highest BCUT2D eigenvalue weighted by atomic mass is 16.5. The molecule has 0 atom stereocenters. The summed E-state index contributed by atoms with van der Waals surface area (Å²) in [6.45, 7) is 3.89. The lowest BCUT2D eigenvalue weighted by Crippen LogP contribution is -2.42. The number of nitrogens with zero attached hydrogens (tertiary/aromatic N) is 3. The summed E-state index contributed by atoms with van der Waals surface area (Å²) in [4.78, 5) is 44.0. The van der Waals surface area contributed by atoms with Crippen LogP contribution in [0.1, 0.15) is 47.8 Å². The molecule has 0 aliphatic carbocycles. The summed E-state index contributed by atoms with van der Waals surface area (Å²) < 4.78 is 5.32. The normalized spacial score (nSPS) is 16.7. The smallest absolute Gasteiger partial charge is 0.256 e. The van der Waals surface area contributed by atoms with Gasteiger partial charge in [0.05, 0.1) is 31.5 Å². The van der Waals surface area contributed by atoms with Gasteiger partial charge in [-0.1, -0.05) is 0 Å². The van der Waals surface area contributed by atoms with E-state index in [0.29, 0.717) is 48.8 Å². The van der Waals surface area contributed by atoms with Crippen LogP contribution in [0, 0.1) is 0 Å². The lowest BCUT2D eigenvalue weighted by molar-refractivity contribution is -0.137. The van der Waals surface area contributed by atoms with E-state index in [9.17, 15) is 14.4 Å². The Morgan fingerprint density at radius 1 is 1.31 bits per heavy atom. The summed E-state index contributed by atoms with van der Waals surface area (Å²) in [6, 6.07) is 1.74. The molecule has 1 fully saturated rings. The molecule has 1 saturated heterocycles. The Labute approximate surface area is 152 Å². The second kappa shape index (κ2) is 7.72. The molecular weight excluding hydrogens is 336 g/mol. The predicted octanol–water partition coefficient (Wildman–Crippen LogP) is 0.695. The largest absolute Gasteiger partial charge is 0.481 e. The third-order valence-corrected chi connectivity index (χ3v) is 4.81. The minimum Gasteiger partial charge on any atom is -0.481 e. The van der Waals surface area contributed by atoms with Crippen LogP contribution in [0.15, 0.2) is 6.07 Å².